The molecule has 1 heterocycles. The lowest BCUT2D eigenvalue weighted by molar-refractivity contribution is 0.149. The summed E-state index contributed by atoms with van der Waals surface area (Å²) < 4.78 is 2.92. The highest BCUT2D eigenvalue weighted by Crippen LogP contribution is 2.29. The van der Waals surface area contributed by atoms with Crippen molar-refractivity contribution < 1.29 is 5.11 Å². The maximum Gasteiger partial charge on any atom is 0.0632 e. The van der Waals surface area contributed by atoms with Gasteiger partial charge in [0.05, 0.1) is 23.8 Å². The van der Waals surface area contributed by atoms with Crippen molar-refractivity contribution in [2.45, 2.75) is 50.7 Å². The maximum atomic E-state index is 9.54. The van der Waals surface area contributed by atoms with Gasteiger partial charge in [-0.05, 0) is 35.7 Å². The average molecular weight is 302 g/mol. The van der Waals surface area contributed by atoms with Gasteiger partial charge in [-0.2, -0.15) is 5.10 Å². The first-order valence-electron chi connectivity index (χ1n) is 6.20. The highest BCUT2D eigenvalue weighted by molar-refractivity contribution is 9.10. The van der Waals surface area contributed by atoms with Gasteiger partial charge in [0.25, 0.3) is 0 Å². The Morgan fingerprint density at radius 1 is 1.59 bits per heavy atom. The molecule has 0 spiro atoms. The van der Waals surface area contributed by atoms with Crippen LogP contribution in [0, 0.1) is 0 Å². The largest absolute Gasteiger partial charge is 0.394 e. The van der Waals surface area contributed by atoms with E-state index in [0.717, 1.165) is 23.9 Å². The zero-order chi connectivity index (χ0) is 12.3. The summed E-state index contributed by atoms with van der Waals surface area (Å²) in [5.74, 6) is 0. The third kappa shape index (κ3) is 3.30. The molecule has 1 aliphatic rings. The molecule has 0 aromatic carbocycles. The SMILES string of the molecule is CC(Cn1cc(Br)cn1)NC1(CO)CCCC1. The molecule has 17 heavy (non-hydrogen) atoms. The van der Waals surface area contributed by atoms with Crippen molar-refractivity contribution in [3.05, 3.63) is 16.9 Å². The van der Waals surface area contributed by atoms with Gasteiger partial charge >= 0.3 is 0 Å². The molecule has 96 valence electrons. The van der Waals surface area contributed by atoms with Gasteiger partial charge in [-0.3, -0.25) is 4.68 Å². The summed E-state index contributed by atoms with van der Waals surface area (Å²) in [6.45, 7) is 3.21. The molecule has 1 fully saturated rings. The summed E-state index contributed by atoms with van der Waals surface area (Å²) >= 11 is 3.39. The zero-order valence-electron chi connectivity index (χ0n) is 10.2. The third-order valence-electron chi connectivity index (χ3n) is 3.48. The summed E-state index contributed by atoms with van der Waals surface area (Å²) in [5, 5.41) is 17.4. The molecule has 0 amide bonds. The first-order chi connectivity index (χ1) is 8.13. The van der Waals surface area contributed by atoms with Gasteiger partial charge in [-0.25, -0.2) is 0 Å². The second-order valence-electron chi connectivity index (χ2n) is 5.07. The van der Waals surface area contributed by atoms with E-state index < -0.39 is 0 Å². The van der Waals surface area contributed by atoms with Crippen molar-refractivity contribution in [2.75, 3.05) is 6.61 Å². The number of hydrogen-bond donors (Lipinski definition) is 2. The van der Waals surface area contributed by atoms with Gasteiger partial charge < -0.3 is 10.4 Å². The van der Waals surface area contributed by atoms with Crippen LogP contribution in [-0.4, -0.2) is 33.1 Å². The van der Waals surface area contributed by atoms with E-state index in [2.05, 4.69) is 33.3 Å². The number of hydrogen-bond acceptors (Lipinski definition) is 3. The van der Waals surface area contributed by atoms with Crippen LogP contribution in [0.4, 0.5) is 0 Å². The Bertz CT molecular complexity index is 360. The van der Waals surface area contributed by atoms with Crippen LogP contribution in [0.2, 0.25) is 0 Å². The fourth-order valence-electron chi connectivity index (χ4n) is 2.69. The van der Waals surface area contributed by atoms with Gasteiger partial charge in [0.2, 0.25) is 0 Å². The molecule has 0 saturated heterocycles. The second kappa shape index (κ2) is 5.50. The van der Waals surface area contributed by atoms with E-state index in [0.29, 0.717) is 6.04 Å². The molecule has 1 unspecified atom stereocenters. The Labute approximate surface area is 111 Å². The molecule has 1 atom stereocenters. The van der Waals surface area contributed by atoms with Crippen LogP contribution in [0.5, 0.6) is 0 Å². The number of aliphatic hydroxyl groups excluding tert-OH is 1. The first kappa shape index (κ1) is 13.1. The molecular weight excluding hydrogens is 282 g/mol. The lowest BCUT2D eigenvalue weighted by atomic mass is 9.97. The van der Waals surface area contributed by atoms with Crippen LogP contribution in [-0.2, 0) is 6.54 Å². The normalized spacial score (nSPS) is 20.6. The summed E-state index contributed by atoms with van der Waals surface area (Å²) in [5.41, 5.74) is -0.0518. The van der Waals surface area contributed by atoms with Crippen molar-refractivity contribution in [3.63, 3.8) is 0 Å². The molecule has 2 rings (SSSR count). The quantitative estimate of drug-likeness (QED) is 0.874. The van der Waals surface area contributed by atoms with Crippen molar-refractivity contribution in [1.82, 2.24) is 15.1 Å². The molecule has 1 aromatic heterocycles. The Hall–Kier alpha value is -0.390. The minimum absolute atomic E-state index is 0.0518. The summed E-state index contributed by atoms with van der Waals surface area (Å²) in [7, 11) is 0. The van der Waals surface area contributed by atoms with E-state index >= 15 is 0 Å². The number of rotatable bonds is 5. The molecule has 2 N–H and O–H groups in total. The lowest BCUT2D eigenvalue weighted by Crippen LogP contribution is -2.51. The van der Waals surface area contributed by atoms with Crippen LogP contribution in [0.1, 0.15) is 32.6 Å². The van der Waals surface area contributed by atoms with E-state index in [4.69, 9.17) is 0 Å². The molecule has 1 aliphatic carbocycles. The van der Waals surface area contributed by atoms with Gasteiger partial charge in [-0.15, -0.1) is 0 Å². The van der Waals surface area contributed by atoms with Crippen LogP contribution < -0.4 is 5.32 Å². The number of aliphatic hydroxyl groups is 1. The fourth-order valence-corrected chi connectivity index (χ4v) is 3.01. The average Bonchev–Trinajstić information content (AvgIpc) is 2.89. The Balaban J connectivity index is 1.90. The fraction of sp³-hybridized carbons (Fsp3) is 0.750. The van der Waals surface area contributed by atoms with Crippen molar-refractivity contribution in [3.8, 4) is 0 Å². The van der Waals surface area contributed by atoms with E-state index in [1.165, 1.54) is 12.8 Å². The number of nitrogens with one attached hydrogen (secondary N) is 1. The van der Waals surface area contributed by atoms with E-state index in [9.17, 15) is 5.11 Å². The first-order valence-corrected chi connectivity index (χ1v) is 6.99. The number of nitrogens with zero attached hydrogens (tertiary/aromatic N) is 2. The summed E-state index contributed by atoms with van der Waals surface area (Å²) in [4.78, 5) is 0. The Morgan fingerprint density at radius 2 is 2.29 bits per heavy atom. The maximum absolute atomic E-state index is 9.54. The number of halogens is 1. The topological polar surface area (TPSA) is 50.1 Å². The smallest absolute Gasteiger partial charge is 0.0632 e. The molecule has 0 aliphatic heterocycles. The van der Waals surface area contributed by atoms with Gasteiger partial charge in [-0.1, -0.05) is 12.8 Å². The van der Waals surface area contributed by atoms with Crippen LogP contribution in [0.25, 0.3) is 0 Å². The van der Waals surface area contributed by atoms with Gasteiger partial charge in [0, 0.05) is 17.8 Å². The van der Waals surface area contributed by atoms with Crippen LogP contribution in [0.15, 0.2) is 16.9 Å². The lowest BCUT2D eigenvalue weighted by Gasteiger charge is -2.31. The minimum Gasteiger partial charge on any atom is -0.394 e. The molecule has 1 aromatic rings. The standard InChI is InChI=1S/C12H20BrN3O/c1-10(7-16-8-11(13)6-14-16)15-12(9-17)4-2-3-5-12/h6,8,10,15,17H,2-5,7,9H2,1H3. The summed E-state index contributed by atoms with van der Waals surface area (Å²) in [6.07, 6.45) is 8.36. The number of aromatic nitrogens is 2. The van der Waals surface area contributed by atoms with Crippen molar-refractivity contribution >= 4 is 15.9 Å². The zero-order valence-corrected chi connectivity index (χ0v) is 11.8. The molecule has 0 radical (unpaired) electrons. The van der Waals surface area contributed by atoms with E-state index in [1.54, 1.807) is 6.20 Å². The van der Waals surface area contributed by atoms with Crippen LogP contribution >= 0.6 is 15.9 Å². The molecular formula is C12H20BrN3O. The third-order valence-corrected chi connectivity index (χ3v) is 3.89. The predicted molar refractivity (Wildman–Crippen MR) is 70.8 cm³/mol. The Morgan fingerprint density at radius 3 is 2.82 bits per heavy atom. The molecule has 4 nitrogen and oxygen atoms in total. The van der Waals surface area contributed by atoms with Gasteiger partial charge in [0.15, 0.2) is 0 Å². The Kier molecular flexibility index (Phi) is 4.22. The monoisotopic (exact) mass is 301 g/mol. The van der Waals surface area contributed by atoms with Crippen molar-refractivity contribution in [2.24, 2.45) is 0 Å². The van der Waals surface area contributed by atoms with Crippen molar-refractivity contribution in [1.29, 1.82) is 0 Å². The van der Waals surface area contributed by atoms with E-state index in [1.807, 2.05) is 10.9 Å². The predicted octanol–water partition coefficient (Wildman–Crippen LogP) is 1.93. The highest BCUT2D eigenvalue weighted by Gasteiger charge is 2.33. The minimum atomic E-state index is -0.0518. The van der Waals surface area contributed by atoms with Crippen LogP contribution in [0.3, 0.4) is 0 Å². The van der Waals surface area contributed by atoms with E-state index in [-0.39, 0.29) is 12.1 Å². The van der Waals surface area contributed by atoms with Gasteiger partial charge in [0.1, 0.15) is 0 Å². The highest BCUT2D eigenvalue weighted by atomic mass is 79.9. The molecule has 5 heteroatoms. The summed E-state index contributed by atoms with van der Waals surface area (Å²) in [6, 6.07) is 0.312. The molecule has 1 saturated carbocycles. The second-order valence-corrected chi connectivity index (χ2v) is 5.99. The molecule has 0 bridgehead atoms.